The summed E-state index contributed by atoms with van der Waals surface area (Å²) < 4.78 is 0. The molecule has 0 spiro atoms. The Labute approximate surface area is 112 Å². The molecule has 1 heterocycles. The Hall–Kier alpha value is -0.280. The first-order valence-corrected chi connectivity index (χ1v) is 6.40. The van der Waals surface area contributed by atoms with Crippen LogP contribution >= 0.6 is 12.4 Å². The topological polar surface area (TPSA) is 41.1 Å². The summed E-state index contributed by atoms with van der Waals surface area (Å²) in [5, 5.41) is 6.40. The van der Waals surface area contributed by atoms with E-state index in [0.29, 0.717) is 18.3 Å². The molecule has 1 aliphatic rings. The molecular weight excluding hydrogens is 236 g/mol. The molecular formula is C13H27ClN2O. The van der Waals surface area contributed by atoms with Crippen molar-refractivity contribution in [3.05, 3.63) is 0 Å². The molecule has 2 N–H and O–H groups in total. The van der Waals surface area contributed by atoms with Crippen LogP contribution in [0.3, 0.4) is 0 Å². The third-order valence-corrected chi connectivity index (χ3v) is 3.21. The summed E-state index contributed by atoms with van der Waals surface area (Å²) in [4.78, 5) is 11.8. The van der Waals surface area contributed by atoms with Gasteiger partial charge >= 0.3 is 0 Å². The zero-order chi connectivity index (χ0) is 12.2. The van der Waals surface area contributed by atoms with Gasteiger partial charge in [0.05, 0.1) is 0 Å². The molecule has 0 aromatic heterocycles. The minimum atomic E-state index is -0.106. The highest BCUT2D eigenvalue weighted by atomic mass is 35.5. The maximum atomic E-state index is 11.8. The van der Waals surface area contributed by atoms with Gasteiger partial charge < -0.3 is 10.6 Å². The van der Waals surface area contributed by atoms with Crippen LogP contribution in [0.15, 0.2) is 0 Å². The van der Waals surface area contributed by atoms with Crippen molar-refractivity contribution >= 4 is 18.3 Å². The number of rotatable bonds is 3. The van der Waals surface area contributed by atoms with Crippen molar-refractivity contribution < 1.29 is 4.79 Å². The highest BCUT2D eigenvalue weighted by molar-refractivity contribution is 5.85. The van der Waals surface area contributed by atoms with Crippen molar-refractivity contribution in [2.24, 2.45) is 11.8 Å². The van der Waals surface area contributed by atoms with Crippen LogP contribution in [0, 0.1) is 11.8 Å². The van der Waals surface area contributed by atoms with Gasteiger partial charge in [-0.05, 0) is 58.5 Å². The van der Waals surface area contributed by atoms with E-state index in [1.807, 2.05) is 20.8 Å². The molecule has 0 bridgehead atoms. The van der Waals surface area contributed by atoms with E-state index in [4.69, 9.17) is 0 Å². The summed E-state index contributed by atoms with van der Waals surface area (Å²) >= 11 is 0. The van der Waals surface area contributed by atoms with E-state index in [-0.39, 0.29) is 23.9 Å². The Bertz CT molecular complexity index is 232. The quantitative estimate of drug-likeness (QED) is 0.820. The average Bonchev–Trinajstić information content (AvgIpc) is 2.16. The van der Waals surface area contributed by atoms with Crippen LogP contribution in [0.2, 0.25) is 0 Å². The summed E-state index contributed by atoms with van der Waals surface area (Å²) in [6, 6.07) is 0. The summed E-state index contributed by atoms with van der Waals surface area (Å²) in [6.07, 6.45) is 3.09. The minimum Gasteiger partial charge on any atom is -0.352 e. The molecule has 3 nitrogen and oxygen atoms in total. The van der Waals surface area contributed by atoms with E-state index in [9.17, 15) is 4.79 Å². The third-order valence-electron chi connectivity index (χ3n) is 3.21. The predicted octanol–water partition coefficient (Wildman–Crippen LogP) is 2.35. The first-order valence-electron chi connectivity index (χ1n) is 6.40. The van der Waals surface area contributed by atoms with Crippen molar-refractivity contribution in [2.45, 2.75) is 52.5 Å². The molecule has 17 heavy (non-hydrogen) atoms. The molecule has 0 aromatic carbocycles. The maximum Gasteiger partial charge on any atom is 0.220 e. The molecule has 0 radical (unpaired) electrons. The predicted molar refractivity (Wildman–Crippen MR) is 74.5 cm³/mol. The molecule has 1 unspecified atom stereocenters. The molecule has 1 fully saturated rings. The summed E-state index contributed by atoms with van der Waals surface area (Å²) in [5.41, 5.74) is -0.106. The molecule has 1 amide bonds. The molecule has 4 heteroatoms. The second-order valence-corrected chi connectivity index (χ2v) is 6.07. The lowest BCUT2D eigenvalue weighted by molar-refractivity contribution is -0.123. The van der Waals surface area contributed by atoms with Crippen molar-refractivity contribution in [3.63, 3.8) is 0 Å². The van der Waals surface area contributed by atoms with Crippen molar-refractivity contribution in [2.75, 3.05) is 13.1 Å². The van der Waals surface area contributed by atoms with Gasteiger partial charge in [0, 0.05) is 12.0 Å². The van der Waals surface area contributed by atoms with Crippen molar-refractivity contribution in [1.29, 1.82) is 0 Å². The Morgan fingerprint density at radius 1 is 1.35 bits per heavy atom. The van der Waals surface area contributed by atoms with Gasteiger partial charge in [0.1, 0.15) is 0 Å². The number of halogens is 1. The van der Waals surface area contributed by atoms with E-state index in [1.165, 1.54) is 12.8 Å². The molecule has 0 saturated carbocycles. The first kappa shape index (κ1) is 16.7. The Balaban J connectivity index is 0.00000256. The van der Waals surface area contributed by atoms with Crippen LogP contribution in [-0.2, 0) is 4.79 Å². The van der Waals surface area contributed by atoms with E-state index in [1.54, 1.807) is 0 Å². The number of carbonyl (C=O) groups excluding carboxylic acids is 1. The van der Waals surface area contributed by atoms with E-state index < -0.39 is 0 Å². The Morgan fingerprint density at radius 2 is 1.88 bits per heavy atom. The average molecular weight is 263 g/mol. The SMILES string of the molecule is CC(CC(=O)NC(C)(C)C)C1CCNCC1.Cl. The molecule has 0 aliphatic carbocycles. The van der Waals surface area contributed by atoms with Crippen molar-refractivity contribution in [1.82, 2.24) is 10.6 Å². The first-order chi connectivity index (χ1) is 7.38. The highest BCUT2D eigenvalue weighted by Gasteiger charge is 2.23. The van der Waals surface area contributed by atoms with Gasteiger partial charge in [-0.1, -0.05) is 6.92 Å². The number of nitrogens with one attached hydrogen (secondary N) is 2. The Kier molecular flexibility index (Phi) is 7.10. The van der Waals surface area contributed by atoms with Gasteiger partial charge in [0.2, 0.25) is 5.91 Å². The summed E-state index contributed by atoms with van der Waals surface area (Å²) in [7, 11) is 0. The molecule has 1 aliphatic heterocycles. The van der Waals surface area contributed by atoms with Gasteiger partial charge in [-0.25, -0.2) is 0 Å². The lowest BCUT2D eigenvalue weighted by Crippen LogP contribution is -2.42. The van der Waals surface area contributed by atoms with Crippen LogP contribution in [0.25, 0.3) is 0 Å². The summed E-state index contributed by atoms with van der Waals surface area (Å²) in [6.45, 7) is 10.5. The van der Waals surface area contributed by atoms with Gasteiger partial charge in [-0.3, -0.25) is 4.79 Å². The van der Waals surface area contributed by atoms with Crippen molar-refractivity contribution in [3.8, 4) is 0 Å². The Morgan fingerprint density at radius 3 is 2.35 bits per heavy atom. The van der Waals surface area contributed by atoms with E-state index in [0.717, 1.165) is 13.1 Å². The lowest BCUT2D eigenvalue weighted by atomic mass is 9.84. The normalized spacial score (nSPS) is 19.3. The second-order valence-electron chi connectivity index (χ2n) is 6.07. The monoisotopic (exact) mass is 262 g/mol. The minimum absolute atomic E-state index is 0. The van der Waals surface area contributed by atoms with Crippen LogP contribution < -0.4 is 10.6 Å². The number of hydrogen-bond acceptors (Lipinski definition) is 2. The number of hydrogen-bond donors (Lipinski definition) is 2. The number of piperidine rings is 1. The summed E-state index contributed by atoms with van der Waals surface area (Å²) in [5.74, 6) is 1.41. The highest BCUT2D eigenvalue weighted by Crippen LogP contribution is 2.24. The fourth-order valence-electron chi connectivity index (χ4n) is 2.34. The van der Waals surface area contributed by atoms with E-state index >= 15 is 0 Å². The molecule has 0 aromatic rings. The van der Waals surface area contributed by atoms with E-state index in [2.05, 4.69) is 17.6 Å². The van der Waals surface area contributed by atoms with Crippen LogP contribution in [0.4, 0.5) is 0 Å². The smallest absolute Gasteiger partial charge is 0.220 e. The molecule has 102 valence electrons. The number of carbonyl (C=O) groups is 1. The fourth-order valence-corrected chi connectivity index (χ4v) is 2.34. The van der Waals surface area contributed by atoms with Gasteiger partial charge in [0.25, 0.3) is 0 Å². The fraction of sp³-hybridized carbons (Fsp3) is 0.923. The zero-order valence-electron chi connectivity index (χ0n) is 11.5. The van der Waals surface area contributed by atoms with Crippen LogP contribution in [0.5, 0.6) is 0 Å². The molecule has 1 rings (SSSR count). The largest absolute Gasteiger partial charge is 0.352 e. The molecule has 1 saturated heterocycles. The zero-order valence-corrected chi connectivity index (χ0v) is 12.3. The second kappa shape index (κ2) is 7.22. The molecule has 1 atom stereocenters. The van der Waals surface area contributed by atoms with Crippen LogP contribution in [-0.4, -0.2) is 24.5 Å². The van der Waals surface area contributed by atoms with Gasteiger partial charge in [0.15, 0.2) is 0 Å². The maximum absolute atomic E-state index is 11.8. The van der Waals surface area contributed by atoms with Crippen LogP contribution in [0.1, 0.15) is 47.0 Å². The standard InChI is InChI=1S/C13H26N2O.ClH/c1-10(11-5-7-14-8-6-11)9-12(16)15-13(2,3)4;/h10-11,14H,5-9H2,1-4H3,(H,15,16);1H. The van der Waals surface area contributed by atoms with Gasteiger partial charge in [-0.15, -0.1) is 12.4 Å². The van der Waals surface area contributed by atoms with Gasteiger partial charge in [-0.2, -0.15) is 0 Å². The lowest BCUT2D eigenvalue weighted by Gasteiger charge is -2.29. The third kappa shape index (κ3) is 6.89. The number of amides is 1.